The van der Waals surface area contributed by atoms with Crippen LogP contribution in [0, 0.1) is 5.82 Å². The van der Waals surface area contributed by atoms with Crippen LogP contribution < -0.4 is 5.32 Å². The van der Waals surface area contributed by atoms with Crippen molar-refractivity contribution in [3.05, 3.63) is 52.7 Å². The minimum atomic E-state index is -0.791. The molecule has 132 valence electrons. The van der Waals surface area contributed by atoms with Crippen LogP contribution in [0.2, 0.25) is 0 Å². The highest BCUT2D eigenvalue weighted by molar-refractivity contribution is 6.07. The quantitative estimate of drug-likeness (QED) is 0.805. The van der Waals surface area contributed by atoms with Crippen LogP contribution in [-0.2, 0) is 9.47 Å². The van der Waals surface area contributed by atoms with Crippen molar-refractivity contribution in [1.29, 1.82) is 0 Å². The molecule has 0 aliphatic rings. The monoisotopic (exact) mass is 347 g/mol. The third kappa shape index (κ3) is 4.06. The van der Waals surface area contributed by atoms with Crippen LogP contribution >= 0.6 is 0 Å². The second-order valence-electron chi connectivity index (χ2n) is 4.94. The van der Waals surface area contributed by atoms with Gasteiger partial charge in [-0.15, -0.1) is 0 Å². The first kappa shape index (κ1) is 18.3. The van der Waals surface area contributed by atoms with Crippen molar-refractivity contribution in [1.82, 2.24) is 0 Å². The van der Waals surface area contributed by atoms with Crippen molar-refractivity contribution in [2.45, 2.75) is 6.92 Å². The number of methoxy groups -OCH3 is 2. The number of hydrogen-bond donors (Lipinski definition) is 1. The van der Waals surface area contributed by atoms with Gasteiger partial charge in [0.1, 0.15) is 11.4 Å². The van der Waals surface area contributed by atoms with E-state index in [4.69, 9.17) is 9.15 Å². The molecule has 0 fully saturated rings. The molecule has 6 nitrogen and oxygen atoms in total. The lowest BCUT2D eigenvalue weighted by Gasteiger charge is -2.05. The molecule has 0 saturated carbocycles. The molecule has 25 heavy (non-hydrogen) atoms. The highest BCUT2D eigenvalue weighted by atomic mass is 19.1. The van der Waals surface area contributed by atoms with E-state index in [2.05, 4.69) is 10.1 Å². The summed E-state index contributed by atoms with van der Waals surface area (Å²) >= 11 is 0. The summed E-state index contributed by atoms with van der Waals surface area (Å²) in [6.45, 7) is 2.32. The number of furan rings is 1. The first-order valence-corrected chi connectivity index (χ1v) is 7.52. The standard InChI is InChI=1S/C18H18FNO5/c1-4-20-15-13(10-7-11-5-8-12(19)9-6-11)25-16(18(22)24-3)14(15)17(21)23-2/h5-10,20H,4H2,1-3H3/b10-7+. The Balaban J connectivity index is 2.52. The highest BCUT2D eigenvalue weighted by Gasteiger charge is 2.30. The summed E-state index contributed by atoms with van der Waals surface area (Å²) in [4.78, 5) is 24.0. The molecular weight excluding hydrogens is 329 g/mol. The topological polar surface area (TPSA) is 77.8 Å². The van der Waals surface area contributed by atoms with Gasteiger partial charge in [0.25, 0.3) is 0 Å². The SMILES string of the molecule is CCNc1c(/C=C/c2ccc(F)cc2)oc(C(=O)OC)c1C(=O)OC. The van der Waals surface area contributed by atoms with Crippen LogP contribution in [0.1, 0.15) is 39.2 Å². The van der Waals surface area contributed by atoms with Crippen LogP contribution in [0.15, 0.2) is 28.7 Å². The molecule has 1 heterocycles. The van der Waals surface area contributed by atoms with Crippen LogP contribution in [0.3, 0.4) is 0 Å². The lowest BCUT2D eigenvalue weighted by atomic mass is 10.1. The molecule has 0 atom stereocenters. The van der Waals surface area contributed by atoms with Crippen molar-refractivity contribution in [3.8, 4) is 0 Å². The second-order valence-corrected chi connectivity index (χ2v) is 4.94. The van der Waals surface area contributed by atoms with E-state index in [9.17, 15) is 14.0 Å². The fourth-order valence-corrected chi connectivity index (χ4v) is 2.20. The molecule has 0 saturated heterocycles. The van der Waals surface area contributed by atoms with E-state index in [-0.39, 0.29) is 22.9 Å². The Morgan fingerprint density at radius 2 is 1.76 bits per heavy atom. The predicted octanol–water partition coefficient (Wildman–Crippen LogP) is 3.59. The second kappa shape index (κ2) is 8.14. The smallest absolute Gasteiger partial charge is 0.374 e. The van der Waals surface area contributed by atoms with Gasteiger partial charge in [0, 0.05) is 6.54 Å². The molecule has 0 radical (unpaired) electrons. The Bertz CT molecular complexity index is 793. The minimum absolute atomic E-state index is 0.0324. The van der Waals surface area contributed by atoms with Crippen molar-refractivity contribution >= 4 is 29.8 Å². The molecule has 0 amide bonds. The molecule has 1 aromatic carbocycles. The van der Waals surface area contributed by atoms with E-state index in [1.807, 2.05) is 6.92 Å². The first-order chi connectivity index (χ1) is 12.0. The molecule has 0 spiro atoms. The number of halogens is 1. The molecule has 0 bridgehead atoms. The minimum Gasteiger partial charge on any atom is -0.465 e. The van der Waals surface area contributed by atoms with Crippen LogP contribution in [0.25, 0.3) is 12.2 Å². The molecule has 2 aromatic rings. The first-order valence-electron chi connectivity index (χ1n) is 7.52. The summed E-state index contributed by atoms with van der Waals surface area (Å²) in [6, 6.07) is 5.83. The summed E-state index contributed by atoms with van der Waals surface area (Å²) in [5, 5.41) is 2.99. The van der Waals surface area contributed by atoms with Crippen molar-refractivity contribution in [3.63, 3.8) is 0 Å². The van der Waals surface area contributed by atoms with Crippen molar-refractivity contribution in [2.75, 3.05) is 26.1 Å². The van der Waals surface area contributed by atoms with Crippen LogP contribution in [-0.4, -0.2) is 32.7 Å². The molecule has 7 heteroatoms. The van der Waals surface area contributed by atoms with Gasteiger partial charge in [0.2, 0.25) is 5.76 Å². The molecular formula is C18H18FNO5. The van der Waals surface area contributed by atoms with E-state index < -0.39 is 11.9 Å². The Hall–Kier alpha value is -3.09. The fourth-order valence-electron chi connectivity index (χ4n) is 2.20. The number of anilines is 1. The fraction of sp³-hybridized carbons (Fsp3) is 0.222. The number of rotatable bonds is 6. The van der Waals surface area contributed by atoms with E-state index in [1.54, 1.807) is 24.3 Å². The van der Waals surface area contributed by atoms with Gasteiger partial charge < -0.3 is 19.2 Å². The van der Waals surface area contributed by atoms with Gasteiger partial charge in [-0.1, -0.05) is 18.2 Å². The summed E-state index contributed by atoms with van der Waals surface area (Å²) in [5.41, 5.74) is 1.02. The van der Waals surface area contributed by atoms with Gasteiger partial charge in [0.15, 0.2) is 5.76 Å². The average molecular weight is 347 g/mol. The maximum absolute atomic E-state index is 13.0. The molecule has 0 aliphatic heterocycles. The molecule has 0 aliphatic carbocycles. The lowest BCUT2D eigenvalue weighted by molar-refractivity contribution is 0.0528. The largest absolute Gasteiger partial charge is 0.465 e. The summed E-state index contributed by atoms with van der Waals surface area (Å²) in [5.74, 6) is -1.84. The molecule has 2 rings (SSSR count). The highest BCUT2D eigenvalue weighted by Crippen LogP contribution is 2.31. The van der Waals surface area contributed by atoms with E-state index >= 15 is 0 Å². The van der Waals surface area contributed by atoms with Crippen LogP contribution in [0.5, 0.6) is 0 Å². The van der Waals surface area contributed by atoms with E-state index in [1.165, 1.54) is 26.4 Å². The summed E-state index contributed by atoms with van der Waals surface area (Å²) in [6.07, 6.45) is 3.24. The third-order valence-corrected chi connectivity index (χ3v) is 3.35. The average Bonchev–Trinajstić information content (AvgIpc) is 2.98. The van der Waals surface area contributed by atoms with Crippen molar-refractivity contribution < 1.29 is 27.9 Å². The normalized spacial score (nSPS) is 10.7. The maximum Gasteiger partial charge on any atom is 0.374 e. The lowest BCUT2D eigenvalue weighted by Crippen LogP contribution is -2.12. The number of carbonyl (C=O) groups is 2. The maximum atomic E-state index is 13.0. The van der Waals surface area contributed by atoms with E-state index in [0.29, 0.717) is 12.2 Å². The number of hydrogen-bond acceptors (Lipinski definition) is 6. The third-order valence-electron chi connectivity index (χ3n) is 3.35. The van der Waals surface area contributed by atoms with Gasteiger partial charge >= 0.3 is 11.9 Å². The van der Waals surface area contributed by atoms with Crippen LogP contribution in [0.4, 0.5) is 10.1 Å². The zero-order valence-electron chi connectivity index (χ0n) is 14.1. The van der Waals surface area contributed by atoms with E-state index in [0.717, 1.165) is 5.56 Å². The Morgan fingerprint density at radius 1 is 1.12 bits per heavy atom. The number of nitrogens with one attached hydrogen (secondary N) is 1. The van der Waals surface area contributed by atoms with Gasteiger partial charge in [-0.3, -0.25) is 0 Å². The predicted molar refractivity (Wildman–Crippen MR) is 90.9 cm³/mol. The number of benzene rings is 1. The number of ether oxygens (including phenoxy) is 2. The summed E-state index contributed by atoms with van der Waals surface area (Å²) in [7, 11) is 2.40. The van der Waals surface area contributed by atoms with Gasteiger partial charge in [-0.05, 0) is 30.7 Å². The van der Waals surface area contributed by atoms with Gasteiger partial charge in [-0.2, -0.15) is 0 Å². The number of esters is 2. The Kier molecular flexibility index (Phi) is 5.94. The Morgan fingerprint density at radius 3 is 2.32 bits per heavy atom. The molecule has 0 unspecified atom stereocenters. The van der Waals surface area contributed by atoms with Gasteiger partial charge in [-0.25, -0.2) is 14.0 Å². The Labute approximate surface area is 144 Å². The molecule has 1 N–H and O–H groups in total. The molecule has 1 aromatic heterocycles. The zero-order chi connectivity index (χ0) is 18.4. The number of carbonyl (C=O) groups excluding carboxylic acids is 2. The zero-order valence-corrected chi connectivity index (χ0v) is 14.1. The summed E-state index contributed by atoms with van der Waals surface area (Å²) < 4.78 is 27.9. The van der Waals surface area contributed by atoms with Gasteiger partial charge in [0.05, 0.1) is 19.9 Å². The van der Waals surface area contributed by atoms with Crippen molar-refractivity contribution in [2.24, 2.45) is 0 Å².